The van der Waals surface area contributed by atoms with E-state index >= 15 is 0 Å². The van der Waals surface area contributed by atoms with Crippen LogP contribution in [-0.4, -0.2) is 31.1 Å². The van der Waals surface area contributed by atoms with Gasteiger partial charge in [0, 0.05) is 11.1 Å². The first kappa shape index (κ1) is 16.1. The molecule has 0 spiro atoms. The molecular formula is C16H27FN2. The van der Waals surface area contributed by atoms with Crippen molar-refractivity contribution in [1.82, 2.24) is 10.2 Å². The molecule has 2 atom stereocenters. The van der Waals surface area contributed by atoms with Gasteiger partial charge in [-0.1, -0.05) is 31.5 Å². The lowest BCUT2D eigenvalue weighted by molar-refractivity contribution is 0.112. The highest BCUT2D eigenvalue weighted by Gasteiger charge is 2.36. The molecule has 108 valence electrons. The zero-order valence-electron chi connectivity index (χ0n) is 13.0. The third-order valence-electron chi connectivity index (χ3n) is 4.23. The monoisotopic (exact) mass is 266 g/mol. The standard InChI is InChI=1S/C16H27FN2/c1-7-16(4,19(5)6)15(18-8-2)13-11-12(3)9-10-14(13)17/h9-11,15,18H,7-8H2,1-6H3. The van der Waals surface area contributed by atoms with Crippen molar-refractivity contribution in [3.63, 3.8) is 0 Å². The van der Waals surface area contributed by atoms with E-state index in [2.05, 4.69) is 45.1 Å². The lowest BCUT2D eigenvalue weighted by atomic mass is 9.82. The SMILES string of the molecule is CCNC(c1cc(C)ccc1F)C(C)(CC)N(C)C. The fourth-order valence-corrected chi connectivity index (χ4v) is 2.53. The molecular weight excluding hydrogens is 239 g/mol. The molecule has 3 heteroatoms. The average molecular weight is 266 g/mol. The van der Waals surface area contributed by atoms with E-state index in [1.54, 1.807) is 6.07 Å². The van der Waals surface area contributed by atoms with Crippen LogP contribution in [0, 0.1) is 12.7 Å². The minimum Gasteiger partial charge on any atom is -0.309 e. The number of halogens is 1. The van der Waals surface area contributed by atoms with Crippen LogP contribution in [0.4, 0.5) is 4.39 Å². The van der Waals surface area contributed by atoms with Crippen LogP contribution in [-0.2, 0) is 0 Å². The van der Waals surface area contributed by atoms with Crippen LogP contribution in [0.15, 0.2) is 18.2 Å². The summed E-state index contributed by atoms with van der Waals surface area (Å²) in [5.41, 5.74) is 1.74. The summed E-state index contributed by atoms with van der Waals surface area (Å²) < 4.78 is 14.2. The molecule has 1 aromatic carbocycles. The van der Waals surface area contributed by atoms with Gasteiger partial charge in [0.2, 0.25) is 0 Å². The van der Waals surface area contributed by atoms with Crippen LogP contribution in [0.5, 0.6) is 0 Å². The Balaban J connectivity index is 3.30. The molecule has 0 heterocycles. The van der Waals surface area contributed by atoms with Crippen molar-refractivity contribution in [2.24, 2.45) is 0 Å². The van der Waals surface area contributed by atoms with Crippen LogP contribution in [0.25, 0.3) is 0 Å². The summed E-state index contributed by atoms with van der Waals surface area (Å²) >= 11 is 0. The van der Waals surface area contributed by atoms with Crippen molar-refractivity contribution >= 4 is 0 Å². The van der Waals surface area contributed by atoms with Gasteiger partial charge >= 0.3 is 0 Å². The predicted molar refractivity (Wildman–Crippen MR) is 79.9 cm³/mol. The Kier molecular flexibility index (Phi) is 5.50. The summed E-state index contributed by atoms with van der Waals surface area (Å²) in [7, 11) is 4.11. The highest BCUT2D eigenvalue weighted by Crippen LogP contribution is 2.34. The van der Waals surface area contributed by atoms with E-state index in [1.165, 1.54) is 0 Å². The summed E-state index contributed by atoms with van der Waals surface area (Å²) in [6.07, 6.45) is 0.949. The van der Waals surface area contributed by atoms with Gasteiger partial charge in [0.05, 0.1) is 6.04 Å². The first-order valence-electron chi connectivity index (χ1n) is 7.03. The Hall–Kier alpha value is -0.930. The van der Waals surface area contributed by atoms with Crippen molar-refractivity contribution in [1.29, 1.82) is 0 Å². The first-order chi connectivity index (χ1) is 8.86. The van der Waals surface area contributed by atoms with Crippen molar-refractivity contribution in [3.05, 3.63) is 35.1 Å². The molecule has 0 aliphatic heterocycles. The van der Waals surface area contributed by atoms with Crippen LogP contribution in [0.3, 0.4) is 0 Å². The van der Waals surface area contributed by atoms with Crippen molar-refractivity contribution < 1.29 is 4.39 Å². The van der Waals surface area contributed by atoms with E-state index in [1.807, 2.05) is 19.1 Å². The Labute approximate surface area is 117 Å². The lowest BCUT2D eigenvalue weighted by Gasteiger charge is -2.43. The maximum Gasteiger partial charge on any atom is 0.128 e. The molecule has 2 nitrogen and oxygen atoms in total. The minimum atomic E-state index is -0.127. The molecule has 19 heavy (non-hydrogen) atoms. The number of aryl methyl sites for hydroxylation is 1. The first-order valence-corrected chi connectivity index (χ1v) is 7.03. The van der Waals surface area contributed by atoms with Crippen LogP contribution in [0.2, 0.25) is 0 Å². The minimum absolute atomic E-state index is 0.0163. The van der Waals surface area contributed by atoms with Crippen molar-refractivity contribution in [3.8, 4) is 0 Å². The zero-order chi connectivity index (χ0) is 14.6. The second-order valence-corrected chi connectivity index (χ2v) is 5.62. The van der Waals surface area contributed by atoms with Gasteiger partial charge in [-0.2, -0.15) is 0 Å². The molecule has 0 fully saturated rings. The highest BCUT2D eigenvalue weighted by molar-refractivity contribution is 5.29. The Morgan fingerprint density at radius 2 is 1.95 bits per heavy atom. The normalized spacial score (nSPS) is 16.4. The summed E-state index contributed by atoms with van der Waals surface area (Å²) in [5.74, 6) is -0.127. The van der Waals surface area contributed by atoms with Gasteiger partial charge in [0.25, 0.3) is 0 Å². The van der Waals surface area contributed by atoms with Gasteiger partial charge in [0.15, 0.2) is 0 Å². The summed E-state index contributed by atoms with van der Waals surface area (Å²) in [6, 6.07) is 5.33. The average Bonchev–Trinajstić information content (AvgIpc) is 2.38. The number of nitrogens with one attached hydrogen (secondary N) is 1. The molecule has 0 amide bonds. The van der Waals surface area contributed by atoms with Gasteiger partial charge in [-0.25, -0.2) is 4.39 Å². The van der Waals surface area contributed by atoms with Gasteiger partial charge in [-0.05, 0) is 47.0 Å². The predicted octanol–water partition coefficient (Wildman–Crippen LogP) is 3.52. The lowest BCUT2D eigenvalue weighted by Crippen LogP contribution is -2.51. The second-order valence-electron chi connectivity index (χ2n) is 5.62. The smallest absolute Gasteiger partial charge is 0.128 e. The molecule has 0 aliphatic carbocycles. The van der Waals surface area contributed by atoms with E-state index in [4.69, 9.17) is 0 Å². The molecule has 1 N–H and O–H groups in total. The summed E-state index contributed by atoms with van der Waals surface area (Å²) in [6.45, 7) is 9.22. The maximum atomic E-state index is 14.2. The number of hydrogen-bond donors (Lipinski definition) is 1. The van der Waals surface area contributed by atoms with Gasteiger partial charge < -0.3 is 10.2 Å². The van der Waals surface area contributed by atoms with Crippen molar-refractivity contribution in [2.75, 3.05) is 20.6 Å². The summed E-state index contributed by atoms with van der Waals surface area (Å²) in [5, 5.41) is 3.46. The van der Waals surface area contributed by atoms with Crippen molar-refractivity contribution in [2.45, 2.75) is 45.7 Å². The number of likely N-dealkylation sites (N-methyl/N-ethyl adjacent to an activating group) is 2. The number of hydrogen-bond acceptors (Lipinski definition) is 2. The molecule has 0 bridgehead atoms. The molecule has 0 aliphatic rings. The largest absolute Gasteiger partial charge is 0.309 e. The number of nitrogens with zero attached hydrogens (tertiary/aromatic N) is 1. The Bertz CT molecular complexity index is 417. The number of rotatable bonds is 6. The second kappa shape index (κ2) is 6.49. The maximum absolute atomic E-state index is 14.2. The van der Waals surface area contributed by atoms with Gasteiger partial charge in [-0.3, -0.25) is 0 Å². The molecule has 0 aromatic heterocycles. The fourth-order valence-electron chi connectivity index (χ4n) is 2.53. The topological polar surface area (TPSA) is 15.3 Å². The van der Waals surface area contributed by atoms with Gasteiger partial charge in [-0.15, -0.1) is 0 Å². The molecule has 0 saturated carbocycles. The molecule has 1 aromatic rings. The third-order valence-corrected chi connectivity index (χ3v) is 4.23. The quantitative estimate of drug-likeness (QED) is 0.847. The van der Waals surface area contributed by atoms with Crippen LogP contribution in [0.1, 0.15) is 44.4 Å². The fraction of sp³-hybridized carbons (Fsp3) is 0.625. The van der Waals surface area contributed by atoms with Crippen LogP contribution < -0.4 is 5.32 Å². The van der Waals surface area contributed by atoms with Crippen LogP contribution >= 0.6 is 0 Å². The Morgan fingerprint density at radius 1 is 1.32 bits per heavy atom. The molecule has 0 radical (unpaired) electrons. The zero-order valence-corrected chi connectivity index (χ0v) is 13.0. The molecule has 1 rings (SSSR count). The molecule has 2 unspecified atom stereocenters. The van der Waals surface area contributed by atoms with E-state index in [9.17, 15) is 4.39 Å². The molecule has 0 saturated heterocycles. The van der Waals surface area contributed by atoms with E-state index in [-0.39, 0.29) is 17.4 Å². The van der Waals surface area contributed by atoms with Gasteiger partial charge in [0.1, 0.15) is 5.82 Å². The highest BCUT2D eigenvalue weighted by atomic mass is 19.1. The Morgan fingerprint density at radius 3 is 2.42 bits per heavy atom. The van der Waals surface area contributed by atoms with E-state index in [0.717, 1.165) is 24.1 Å². The van der Waals surface area contributed by atoms with E-state index in [0.29, 0.717) is 0 Å². The van der Waals surface area contributed by atoms with E-state index < -0.39 is 0 Å². The third kappa shape index (κ3) is 3.34. The number of benzene rings is 1. The summed E-state index contributed by atoms with van der Waals surface area (Å²) in [4.78, 5) is 2.18.